The maximum atomic E-state index is 9.35. The van der Waals surface area contributed by atoms with Gasteiger partial charge >= 0.3 is 0 Å². The molecule has 0 aromatic heterocycles. The number of hydrogen-bond acceptors (Lipinski definition) is 7. The van der Waals surface area contributed by atoms with E-state index in [0.717, 1.165) is 12.8 Å². The summed E-state index contributed by atoms with van der Waals surface area (Å²) in [6.45, 7) is 0.470. The molecule has 2 atom stereocenters. The lowest BCUT2D eigenvalue weighted by Gasteiger charge is -2.17. The van der Waals surface area contributed by atoms with E-state index >= 15 is 0 Å². The minimum Gasteiger partial charge on any atom is -0.394 e. The molecule has 1 fully saturated rings. The van der Waals surface area contributed by atoms with Crippen LogP contribution in [-0.2, 0) is 24.9 Å². The van der Waals surface area contributed by atoms with Gasteiger partial charge < -0.3 is 10.2 Å². The second kappa shape index (κ2) is 8.82. The molecule has 0 aromatic rings. The highest BCUT2D eigenvalue weighted by atomic mass is 17.8. The molecular formula is C9H18O7. The van der Waals surface area contributed by atoms with Crippen molar-refractivity contribution in [3.05, 3.63) is 0 Å². The van der Waals surface area contributed by atoms with Gasteiger partial charge in [-0.1, -0.05) is 0 Å². The second-order valence-corrected chi connectivity index (χ2v) is 3.72. The van der Waals surface area contributed by atoms with Gasteiger partial charge in [0.25, 0.3) is 0 Å². The van der Waals surface area contributed by atoms with E-state index in [2.05, 4.69) is 24.9 Å². The normalized spacial score (nSPS) is 27.0. The van der Waals surface area contributed by atoms with Crippen molar-refractivity contribution in [3.8, 4) is 0 Å². The Labute approximate surface area is 93.5 Å². The molecule has 0 aliphatic carbocycles. The number of aliphatic hydroxyl groups is 2. The maximum Gasteiger partial charge on any atom is 0.0857 e. The SMILES string of the molecule is OCC(O)CC1CCCOOOOOCC1. The van der Waals surface area contributed by atoms with Crippen molar-refractivity contribution in [2.75, 3.05) is 19.8 Å². The number of aliphatic hydroxyl groups excluding tert-OH is 2. The molecule has 1 heterocycles. The van der Waals surface area contributed by atoms with Crippen LogP contribution in [0.2, 0.25) is 0 Å². The molecule has 0 aromatic carbocycles. The highest BCUT2D eigenvalue weighted by Gasteiger charge is 2.15. The molecule has 7 nitrogen and oxygen atoms in total. The van der Waals surface area contributed by atoms with Crippen LogP contribution >= 0.6 is 0 Å². The van der Waals surface area contributed by atoms with Crippen LogP contribution in [0.5, 0.6) is 0 Å². The summed E-state index contributed by atoms with van der Waals surface area (Å²) >= 11 is 0. The summed E-state index contributed by atoms with van der Waals surface area (Å²) in [6.07, 6.45) is 2.17. The first-order valence-electron chi connectivity index (χ1n) is 5.36. The van der Waals surface area contributed by atoms with E-state index in [9.17, 15) is 5.11 Å². The third-order valence-corrected chi connectivity index (χ3v) is 2.42. The lowest BCUT2D eigenvalue weighted by atomic mass is 9.93. The molecule has 1 aliphatic heterocycles. The van der Waals surface area contributed by atoms with Crippen molar-refractivity contribution in [1.29, 1.82) is 0 Å². The van der Waals surface area contributed by atoms with Gasteiger partial charge in [0, 0.05) is 0 Å². The topological polar surface area (TPSA) is 86.6 Å². The molecule has 0 bridgehead atoms. The first-order valence-corrected chi connectivity index (χ1v) is 5.36. The summed E-state index contributed by atoms with van der Waals surface area (Å²) in [7, 11) is 0. The molecule has 7 heteroatoms. The highest BCUT2D eigenvalue weighted by molar-refractivity contribution is 4.65. The monoisotopic (exact) mass is 238 g/mol. The molecular weight excluding hydrogens is 220 g/mol. The average Bonchev–Trinajstić information content (AvgIpc) is 2.35. The summed E-state index contributed by atoms with van der Waals surface area (Å²) in [5.74, 6) is 0.243. The third kappa shape index (κ3) is 6.33. The van der Waals surface area contributed by atoms with Gasteiger partial charge in [-0.05, 0) is 46.7 Å². The van der Waals surface area contributed by atoms with E-state index in [1.807, 2.05) is 0 Å². The van der Waals surface area contributed by atoms with Gasteiger partial charge in [-0.3, -0.25) is 0 Å². The van der Waals surface area contributed by atoms with E-state index in [-0.39, 0.29) is 12.5 Å². The van der Waals surface area contributed by atoms with E-state index in [0.29, 0.717) is 26.1 Å². The van der Waals surface area contributed by atoms with Crippen LogP contribution in [0.1, 0.15) is 25.7 Å². The summed E-state index contributed by atoms with van der Waals surface area (Å²) < 4.78 is 0. The molecule has 1 aliphatic rings. The zero-order valence-electron chi connectivity index (χ0n) is 9.04. The summed E-state index contributed by atoms with van der Waals surface area (Å²) in [5, 5.41) is 30.5. The summed E-state index contributed by atoms with van der Waals surface area (Å²) in [4.78, 5) is 9.25. The molecule has 96 valence electrons. The van der Waals surface area contributed by atoms with Crippen LogP contribution < -0.4 is 0 Å². The first kappa shape index (κ1) is 13.8. The Morgan fingerprint density at radius 1 is 1.06 bits per heavy atom. The van der Waals surface area contributed by atoms with Crippen LogP contribution in [0.25, 0.3) is 0 Å². The van der Waals surface area contributed by atoms with Crippen molar-refractivity contribution in [3.63, 3.8) is 0 Å². The fraction of sp³-hybridized carbons (Fsp3) is 1.00. The smallest absolute Gasteiger partial charge is 0.0857 e. The average molecular weight is 238 g/mol. The van der Waals surface area contributed by atoms with Crippen molar-refractivity contribution >= 4 is 0 Å². The van der Waals surface area contributed by atoms with E-state index in [4.69, 9.17) is 5.11 Å². The molecule has 16 heavy (non-hydrogen) atoms. The van der Waals surface area contributed by atoms with E-state index < -0.39 is 6.10 Å². The summed E-state index contributed by atoms with van der Waals surface area (Å²) in [6, 6.07) is 0. The molecule has 0 spiro atoms. The molecule has 1 saturated heterocycles. The predicted molar refractivity (Wildman–Crippen MR) is 50.2 cm³/mol. The van der Waals surface area contributed by atoms with Gasteiger partial charge in [0.15, 0.2) is 0 Å². The van der Waals surface area contributed by atoms with Crippen molar-refractivity contribution in [1.82, 2.24) is 0 Å². The zero-order chi connectivity index (χ0) is 11.6. The summed E-state index contributed by atoms with van der Waals surface area (Å²) in [5.41, 5.74) is 0. The fourth-order valence-corrected chi connectivity index (χ4v) is 1.60. The molecule has 1 rings (SSSR count). The molecule has 2 unspecified atom stereocenters. The Kier molecular flexibility index (Phi) is 7.60. The minimum absolute atomic E-state index is 0.226. The fourth-order valence-electron chi connectivity index (χ4n) is 1.60. The van der Waals surface area contributed by atoms with Crippen LogP contribution in [-0.4, -0.2) is 36.1 Å². The van der Waals surface area contributed by atoms with E-state index in [1.165, 1.54) is 0 Å². The Hall–Kier alpha value is -0.280. The van der Waals surface area contributed by atoms with Crippen LogP contribution in [0, 0.1) is 5.92 Å². The van der Waals surface area contributed by atoms with Gasteiger partial charge in [0.1, 0.15) is 0 Å². The predicted octanol–water partition coefficient (Wildman–Crippen LogP) is 0.273. The second-order valence-electron chi connectivity index (χ2n) is 3.72. The van der Waals surface area contributed by atoms with Gasteiger partial charge in [-0.15, -0.1) is 0 Å². The molecule has 0 amide bonds. The van der Waals surface area contributed by atoms with Crippen LogP contribution in [0.3, 0.4) is 0 Å². The Bertz CT molecular complexity index is 154. The quantitative estimate of drug-likeness (QED) is 0.682. The van der Waals surface area contributed by atoms with Gasteiger partial charge in [0.05, 0.1) is 25.9 Å². The van der Waals surface area contributed by atoms with E-state index in [1.54, 1.807) is 0 Å². The lowest BCUT2D eigenvalue weighted by molar-refractivity contribution is -0.708. The number of hydrogen-bond donors (Lipinski definition) is 2. The largest absolute Gasteiger partial charge is 0.394 e. The maximum absolute atomic E-state index is 9.35. The van der Waals surface area contributed by atoms with Crippen LogP contribution in [0.4, 0.5) is 0 Å². The Morgan fingerprint density at radius 3 is 2.56 bits per heavy atom. The Balaban J connectivity index is 2.27. The lowest BCUT2D eigenvalue weighted by Crippen LogP contribution is -2.19. The Morgan fingerprint density at radius 2 is 1.81 bits per heavy atom. The van der Waals surface area contributed by atoms with Crippen molar-refractivity contribution in [2.24, 2.45) is 5.92 Å². The third-order valence-electron chi connectivity index (χ3n) is 2.42. The van der Waals surface area contributed by atoms with Crippen molar-refractivity contribution in [2.45, 2.75) is 31.8 Å². The molecule has 2 N–H and O–H groups in total. The minimum atomic E-state index is -0.690. The van der Waals surface area contributed by atoms with Gasteiger partial charge in [0.2, 0.25) is 0 Å². The molecule has 0 radical (unpaired) electrons. The zero-order valence-corrected chi connectivity index (χ0v) is 9.04. The molecule has 0 saturated carbocycles. The number of rotatable bonds is 3. The van der Waals surface area contributed by atoms with Crippen LogP contribution in [0.15, 0.2) is 0 Å². The van der Waals surface area contributed by atoms with Gasteiger partial charge in [-0.25, -0.2) is 9.78 Å². The van der Waals surface area contributed by atoms with Gasteiger partial charge in [-0.2, -0.15) is 0 Å². The highest BCUT2D eigenvalue weighted by Crippen LogP contribution is 2.18. The first-order chi connectivity index (χ1) is 7.83. The standard InChI is InChI=1S/C9H18O7/c10-7-9(11)6-8-2-1-4-12-14-16-15-13-5-3-8/h8-11H,1-7H2. The van der Waals surface area contributed by atoms with Crippen molar-refractivity contribution < 1.29 is 35.1 Å².